The number of nitrogens with one attached hydrogen (secondary N) is 3. The minimum atomic E-state index is -0.371. The minimum Gasteiger partial charge on any atom is -0.494 e. The van der Waals surface area contributed by atoms with Crippen molar-refractivity contribution >= 4 is 28.5 Å². The maximum atomic E-state index is 13.2. The Balaban J connectivity index is 2.07. The Kier molecular flexibility index (Phi) is 3.27. The van der Waals surface area contributed by atoms with Gasteiger partial charge < -0.3 is 15.4 Å². The Morgan fingerprint density at radius 1 is 1.29 bits per heavy atom. The fourth-order valence-electron chi connectivity index (χ4n) is 1.94. The molecule has 0 saturated heterocycles. The van der Waals surface area contributed by atoms with Gasteiger partial charge in [0.15, 0.2) is 5.65 Å². The highest BCUT2D eigenvalue weighted by Crippen LogP contribution is 2.30. The lowest BCUT2D eigenvalue weighted by atomic mass is 10.2. The molecule has 8 heteroatoms. The molecule has 2 heterocycles. The van der Waals surface area contributed by atoms with E-state index in [4.69, 9.17) is 4.74 Å². The number of hydrogen-bond acceptors (Lipinski definition) is 6. The lowest BCUT2D eigenvalue weighted by molar-refractivity contribution is 0.413. The number of methoxy groups -OCH3 is 1. The predicted octanol–water partition coefficient (Wildman–Crippen LogP) is 2.29. The first-order valence-electron chi connectivity index (χ1n) is 6.20. The number of benzene rings is 1. The van der Waals surface area contributed by atoms with E-state index in [9.17, 15) is 4.39 Å². The first-order valence-corrected chi connectivity index (χ1v) is 6.20. The smallest absolute Gasteiger partial charge is 0.226 e. The summed E-state index contributed by atoms with van der Waals surface area (Å²) in [4.78, 5) is 8.58. The van der Waals surface area contributed by atoms with Gasteiger partial charge in [-0.3, -0.25) is 5.10 Å². The molecule has 0 saturated carbocycles. The maximum Gasteiger partial charge on any atom is 0.226 e. The summed E-state index contributed by atoms with van der Waals surface area (Å²) in [6.07, 6.45) is 1.62. The number of rotatable bonds is 4. The molecule has 0 fully saturated rings. The number of nitrogens with zero attached hydrogens (tertiary/aromatic N) is 3. The summed E-state index contributed by atoms with van der Waals surface area (Å²) in [5.41, 5.74) is 1.19. The number of halogens is 1. The van der Waals surface area contributed by atoms with Gasteiger partial charge >= 0.3 is 0 Å². The van der Waals surface area contributed by atoms with Crippen molar-refractivity contribution < 1.29 is 9.13 Å². The predicted molar refractivity (Wildman–Crippen MR) is 77.5 cm³/mol. The third-order valence-electron chi connectivity index (χ3n) is 2.95. The minimum absolute atomic E-state index is 0.371. The molecular weight excluding hydrogens is 275 g/mol. The molecule has 0 atom stereocenters. The number of H-pyrrole nitrogens is 1. The van der Waals surface area contributed by atoms with Crippen molar-refractivity contribution in [2.45, 2.75) is 0 Å². The Labute approximate surface area is 119 Å². The standard InChI is InChI=1S/C13H13FN6O/c1-15-13-18-11(8-6-16-20-12(8)19-13)17-9-4-3-7(14)5-10(9)21-2/h3-6H,1-2H3,(H3,15,16,17,18,19,20). The number of aromatic nitrogens is 4. The van der Waals surface area contributed by atoms with E-state index in [1.165, 1.54) is 19.2 Å². The van der Waals surface area contributed by atoms with E-state index in [0.717, 1.165) is 5.39 Å². The number of aromatic amines is 1. The maximum absolute atomic E-state index is 13.2. The Hall–Kier alpha value is -2.90. The zero-order valence-electron chi connectivity index (χ0n) is 11.4. The summed E-state index contributed by atoms with van der Waals surface area (Å²) >= 11 is 0. The molecule has 0 aliphatic rings. The van der Waals surface area contributed by atoms with Crippen LogP contribution in [0.1, 0.15) is 0 Å². The van der Waals surface area contributed by atoms with Gasteiger partial charge in [-0.15, -0.1) is 0 Å². The van der Waals surface area contributed by atoms with E-state index in [2.05, 4.69) is 30.8 Å². The van der Waals surface area contributed by atoms with Crippen molar-refractivity contribution in [2.24, 2.45) is 0 Å². The number of anilines is 3. The first kappa shape index (κ1) is 13.1. The molecule has 108 valence electrons. The molecule has 21 heavy (non-hydrogen) atoms. The van der Waals surface area contributed by atoms with Gasteiger partial charge in [-0.2, -0.15) is 15.1 Å². The van der Waals surface area contributed by atoms with Gasteiger partial charge in [0.05, 0.1) is 24.4 Å². The second-order valence-electron chi connectivity index (χ2n) is 4.25. The van der Waals surface area contributed by atoms with Crippen molar-refractivity contribution in [3.05, 3.63) is 30.2 Å². The SMILES string of the molecule is CNc1nc(Nc2ccc(F)cc2OC)c2cn[nH]c2n1. The second kappa shape index (κ2) is 5.23. The molecule has 3 rings (SSSR count). The van der Waals surface area contributed by atoms with Gasteiger partial charge in [0, 0.05) is 13.1 Å². The van der Waals surface area contributed by atoms with Crippen LogP contribution < -0.4 is 15.4 Å². The van der Waals surface area contributed by atoms with Crippen molar-refractivity contribution in [1.82, 2.24) is 20.2 Å². The van der Waals surface area contributed by atoms with Crippen LogP contribution in [0.4, 0.5) is 21.8 Å². The van der Waals surface area contributed by atoms with Gasteiger partial charge in [0.2, 0.25) is 5.95 Å². The molecule has 0 amide bonds. The number of fused-ring (bicyclic) bond motifs is 1. The van der Waals surface area contributed by atoms with Crippen LogP contribution in [0.15, 0.2) is 24.4 Å². The zero-order valence-corrected chi connectivity index (χ0v) is 11.4. The van der Waals surface area contributed by atoms with E-state index >= 15 is 0 Å². The fraction of sp³-hybridized carbons (Fsp3) is 0.154. The van der Waals surface area contributed by atoms with E-state index in [0.29, 0.717) is 28.9 Å². The van der Waals surface area contributed by atoms with Crippen molar-refractivity contribution in [3.8, 4) is 5.75 Å². The highest BCUT2D eigenvalue weighted by molar-refractivity contribution is 5.89. The summed E-state index contributed by atoms with van der Waals surface area (Å²) in [6.45, 7) is 0. The molecule has 1 aromatic carbocycles. The topological polar surface area (TPSA) is 87.8 Å². The third kappa shape index (κ3) is 2.42. The molecule has 0 aliphatic heterocycles. The average molecular weight is 288 g/mol. The molecule has 2 aromatic heterocycles. The Morgan fingerprint density at radius 2 is 2.14 bits per heavy atom. The van der Waals surface area contributed by atoms with Crippen LogP contribution in [-0.2, 0) is 0 Å². The number of hydrogen-bond donors (Lipinski definition) is 3. The van der Waals surface area contributed by atoms with Gasteiger partial charge in [0.25, 0.3) is 0 Å². The van der Waals surface area contributed by atoms with E-state index in [-0.39, 0.29) is 5.82 Å². The normalized spacial score (nSPS) is 10.6. The van der Waals surface area contributed by atoms with Crippen LogP contribution >= 0.6 is 0 Å². The lowest BCUT2D eigenvalue weighted by Gasteiger charge is -2.11. The molecule has 0 spiro atoms. The Bertz CT molecular complexity index is 787. The summed E-state index contributed by atoms with van der Waals surface area (Å²) in [7, 11) is 3.20. The average Bonchev–Trinajstić information content (AvgIpc) is 2.97. The zero-order chi connectivity index (χ0) is 14.8. The highest BCUT2D eigenvalue weighted by atomic mass is 19.1. The van der Waals surface area contributed by atoms with E-state index in [1.54, 1.807) is 19.3 Å². The fourth-order valence-corrected chi connectivity index (χ4v) is 1.94. The summed E-state index contributed by atoms with van der Waals surface area (Å²) in [6, 6.07) is 4.23. The van der Waals surface area contributed by atoms with Crippen LogP contribution in [-0.4, -0.2) is 34.3 Å². The van der Waals surface area contributed by atoms with Crippen molar-refractivity contribution in [2.75, 3.05) is 24.8 Å². The van der Waals surface area contributed by atoms with Crippen LogP contribution in [0.2, 0.25) is 0 Å². The number of ether oxygens (including phenoxy) is 1. The second-order valence-corrected chi connectivity index (χ2v) is 4.25. The van der Waals surface area contributed by atoms with Gasteiger partial charge in [-0.05, 0) is 12.1 Å². The van der Waals surface area contributed by atoms with Gasteiger partial charge in [-0.1, -0.05) is 0 Å². The third-order valence-corrected chi connectivity index (χ3v) is 2.95. The molecule has 3 aromatic rings. The monoisotopic (exact) mass is 288 g/mol. The van der Waals surface area contributed by atoms with Gasteiger partial charge in [0.1, 0.15) is 17.4 Å². The molecule has 0 aliphatic carbocycles. The largest absolute Gasteiger partial charge is 0.494 e. The summed E-state index contributed by atoms with van der Waals surface area (Å²) < 4.78 is 18.4. The van der Waals surface area contributed by atoms with Crippen LogP contribution in [0.25, 0.3) is 11.0 Å². The van der Waals surface area contributed by atoms with Crippen molar-refractivity contribution in [3.63, 3.8) is 0 Å². The highest BCUT2D eigenvalue weighted by Gasteiger charge is 2.12. The van der Waals surface area contributed by atoms with Crippen LogP contribution in [0, 0.1) is 5.82 Å². The molecular formula is C13H13FN6O. The van der Waals surface area contributed by atoms with E-state index in [1.807, 2.05) is 0 Å². The molecule has 0 bridgehead atoms. The van der Waals surface area contributed by atoms with E-state index < -0.39 is 0 Å². The van der Waals surface area contributed by atoms with Crippen LogP contribution in [0.3, 0.4) is 0 Å². The van der Waals surface area contributed by atoms with Gasteiger partial charge in [-0.25, -0.2) is 4.39 Å². The molecule has 0 radical (unpaired) electrons. The summed E-state index contributed by atoms with van der Waals surface area (Å²) in [5.74, 6) is 0.999. The molecule has 3 N–H and O–H groups in total. The first-order chi connectivity index (χ1) is 10.2. The Morgan fingerprint density at radius 3 is 2.90 bits per heavy atom. The van der Waals surface area contributed by atoms with Crippen molar-refractivity contribution in [1.29, 1.82) is 0 Å². The quantitative estimate of drug-likeness (QED) is 0.682. The molecule has 7 nitrogen and oxygen atoms in total. The van der Waals surface area contributed by atoms with Crippen LogP contribution in [0.5, 0.6) is 5.75 Å². The molecule has 0 unspecified atom stereocenters. The lowest BCUT2D eigenvalue weighted by Crippen LogP contribution is -2.02. The summed E-state index contributed by atoms with van der Waals surface area (Å²) in [5, 5.41) is 13.4.